The molecule has 0 saturated carbocycles. The van der Waals surface area contributed by atoms with Gasteiger partial charge >= 0.3 is 0 Å². The minimum Gasteiger partial charge on any atom is -0.508 e. The Morgan fingerprint density at radius 3 is 2.55 bits per heavy atom. The molecule has 8 nitrogen and oxygen atoms in total. The van der Waals surface area contributed by atoms with Crippen molar-refractivity contribution in [1.82, 2.24) is 18.9 Å². The van der Waals surface area contributed by atoms with Crippen LogP contribution >= 0.6 is 0 Å². The number of pyridine rings is 1. The minimum absolute atomic E-state index is 0.0605. The van der Waals surface area contributed by atoms with Crippen LogP contribution in [0.5, 0.6) is 11.5 Å². The first-order chi connectivity index (χ1) is 13.9. The Labute approximate surface area is 164 Å². The van der Waals surface area contributed by atoms with Crippen molar-refractivity contribution in [2.45, 2.75) is 4.90 Å². The van der Waals surface area contributed by atoms with E-state index in [1.165, 1.54) is 42.7 Å². The van der Waals surface area contributed by atoms with E-state index in [0.29, 0.717) is 27.8 Å². The van der Waals surface area contributed by atoms with Crippen molar-refractivity contribution in [1.29, 1.82) is 0 Å². The fraction of sp³-hybridized carbons (Fsp3) is 0. The SMILES string of the molecule is O=S(=O)(c1ccccc1)n1ccc2c3[nH]c(-c4ccc(O)cc4O)nc3cnc21. The average Bonchev–Trinajstić information content (AvgIpc) is 3.32. The molecule has 29 heavy (non-hydrogen) atoms. The Kier molecular flexibility index (Phi) is 3.62. The number of phenols is 2. The molecule has 0 fully saturated rings. The normalized spacial score (nSPS) is 12.0. The van der Waals surface area contributed by atoms with Crippen LogP contribution in [0, 0.1) is 0 Å². The fourth-order valence-electron chi connectivity index (χ4n) is 3.28. The number of hydrogen-bond acceptors (Lipinski definition) is 6. The summed E-state index contributed by atoms with van der Waals surface area (Å²) in [5.41, 5.74) is 1.80. The zero-order valence-corrected chi connectivity index (χ0v) is 15.6. The zero-order chi connectivity index (χ0) is 20.2. The van der Waals surface area contributed by atoms with Gasteiger partial charge in [-0.05, 0) is 30.3 Å². The molecular formula is C20H14N4O4S. The van der Waals surface area contributed by atoms with E-state index in [1.807, 2.05) is 0 Å². The van der Waals surface area contributed by atoms with Gasteiger partial charge in [-0.15, -0.1) is 0 Å². The lowest BCUT2D eigenvalue weighted by Gasteiger charge is -2.06. The van der Waals surface area contributed by atoms with Crippen LogP contribution < -0.4 is 0 Å². The molecule has 3 heterocycles. The van der Waals surface area contributed by atoms with Crippen molar-refractivity contribution in [2.24, 2.45) is 0 Å². The van der Waals surface area contributed by atoms with Gasteiger partial charge in [0.25, 0.3) is 10.0 Å². The van der Waals surface area contributed by atoms with Gasteiger partial charge in [-0.2, -0.15) is 0 Å². The third-order valence-corrected chi connectivity index (χ3v) is 6.35. The summed E-state index contributed by atoms with van der Waals surface area (Å²) in [5.74, 6) is 0.192. The second-order valence-corrected chi connectivity index (χ2v) is 8.29. The highest BCUT2D eigenvalue weighted by Gasteiger charge is 2.21. The van der Waals surface area contributed by atoms with Crippen LogP contribution in [0.2, 0.25) is 0 Å². The number of aromatic amines is 1. The molecule has 0 unspecified atom stereocenters. The third kappa shape index (κ3) is 2.63. The van der Waals surface area contributed by atoms with Gasteiger partial charge in [-0.25, -0.2) is 22.4 Å². The highest BCUT2D eigenvalue weighted by Crippen LogP contribution is 2.33. The fourth-order valence-corrected chi connectivity index (χ4v) is 4.61. The summed E-state index contributed by atoms with van der Waals surface area (Å²) in [7, 11) is -3.80. The number of fused-ring (bicyclic) bond motifs is 3. The van der Waals surface area contributed by atoms with Gasteiger partial charge in [0.2, 0.25) is 0 Å². The van der Waals surface area contributed by atoms with Gasteiger partial charge in [-0.3, -0.25) is 0 Å². The molecule has 0 bridgehead atoms. The van der Waals surface area contributed by atoms with Gasteiger partial charge in [-0.1, -0.05) is 18.2 Å². The summed E-state index contributed by atoms with van der Waals surface area (Å²) in [6.07, 6.45) is 2.93. The Morgan fingerprint density at radius 2 is 1.79 bits per heavy atom. The first kappa shape index (κ1) is 17.3. The predicted molar refractivity (Wildman–Crippen MR) is 107 cm³/mol. The molecule has 0 aliphatic rings. The van der Waals surface area contributed by atoms with Crippen molar-refractivity contribution in [3.63, 3.8) is 0 Å². The highest BCUT2D eigenvalue weighted by atomic mass is 32.2. The van der Waals surface area contributed by atoms with E-state index in [1.54, 1.807) is 24.3 Å². The van der Waals surface area contributed by atoms with E-state index in [4.69, 9.17) is 0 Å². The number of nitrogens with zero attached hydrogens (tertiary/aromatic N) is 3. The lowest BCUT2D eigenvalue weighted by atomic mass is 10.2. The molecule has 0 saturated heterocycles. The maximum Gasteiger partial charge on any atom is 0.269 e. The van der Waals surface area contributed by atoms with Gasteiger partial charge in [0.05, 0.1) is 22.2 Å². The molecule has 9 heteroatoms. The van der Waals surface area contributed by atoms with Crippen LogP contribution in [0.25, 0.3) is 33.5 Å². The number of H-pyrrole nitrogens is 1. The topological polar surface area (TPSA) is 121 Å². The maximum atomic E-state index is 13.0. The van der Waals surface area contributed by atoms with Crippen LogP contribution in [0.4, 0.5) is 0 Å². The first-order valence-electron chi connectivity index (χ1n) is 8.64. The van der Waals surface area contributed by atoms with Crippen LogP contribution in [-0.4, -0.2) is 37.6 Å². The van der Waals surface area contributed by atoms with E-state index < -0.39 is 10.0 Å². The summed E-state index contributed by atoms with van der Waals surface area (Å²) in [5, 5.41) is 20.2. The zero-order valence-electron chi connectivity index (χ0n) is 14.8. The summed E-state index contributed by atoms with van der Waals surface area (Å²) < 4.78 is 27.1. The quantitative estimate of drug-likeness (QED) is 0.423. The Bertz CT molecular complexity index is 1490. The maximum absolute atomic E-state index is 13.0. The summed E-state index contributed by atoms with van der Waals surface area (Å²) in [6.45, 7) is 0. The molecule has 0 aliphatic carbocycles. The smallest absolute Gasteiger partial charge is 0.269 e. The molecule has 5 aromatic rings. The average molecular weight is 406 g/mol. The molecule has 3 N–H and O–H groups in total. The van der Waals surface area contributed by atoms with Crippen molar-refractivity contribution in [3.05, 3.63) is 67.0 Å². The number of hydrogen-bond donors (Lipinski definition) is 3. The largest absolute Gasteiger partial charge is 0.508 e. The molecular weight excluding hydrogens is 392 g/mol. The second kappa shape index (κ2) is 6.08. The van der Waals surface area contributed by atoms with Crippen LogP contribution in [-0.2, 0) is 10.0 Å². The van der Waals surface area contributed by atoms with Gasteiger partial charge < -0.3 is 15.2 Å². The summed E-state index contributed by atoms with van der Waals surface area (Å²) in [6, 6.07) is 14.0. The minimum atomic E-state index is -3.80. The van der Waals surface area contributed by atoms with Crippen LogP contribution in [0.1, 0.15) is 0 Å². The van der Waals surface area contributed by atoms with Gasteiger partial charge in [0.15, 0.2) is 5.65 Å². The molecule has 0 spiro atoms. The molecule has 0 radical (unpaired) electrons. The number of phenolic OH excluding ortho intramolecular Hbond substituents is 2. The molecule has 0 amide bonds. The van der Waals surface area contributed by atoms with E-state index >= 15 is 0 Å². The lowest BCUT2D eigenvalue weighted by molar-refractivity contribution is 0.451. The molecule has 5 rings (SSSR count). The number of imidazole rings is 1. The molecule has 0 atom stereocenters. The number of benzene rings is 2. The lowest BCUT2D eigenvalue weighted by Crippen LogP contribution is -2.12. The van der Waals surface area contributed by atoms with Crippen LogP contribution in [0.15, 0.2) is 71.9 Å². The molecule has 144 valence electrons. The number of nitrogens with one attached hydrogen (secondary N) is 1. The van der Waals surface area contributed by atoms with Crippen molar-refractivity contribution < 1.29 is 18.6 Å². The van der Waals surface area contributed by atoms with E-state index in [2.05, 4.69) is 15.0 Å². The molecule has 0 aliphatic heterocycles. The predicted octanol–water partition coefficient (Wildman–Crippen LogP) is 3.23. The van der Waals surface area contributed by atoms with E-state index in [0.717, 1.165) is 3.97 Å². The number of aromatic hydroxyl groups is 2. The number of aromatic nitrogens is 4. The third-order valence-electron chi connectivity index (χ3n) is 4.67. The van der Waals surface area contributed by atoms with Gasteiger partial charge in [0, 0.05) is 17.6 Å². The highest BCUT2D eigenvalue weighted by molar-refractivity contribution is 7.90. The Balaban J connectivity index is 1.70. The van der Waals surface area contributed by atoms with E-state index in [-0.39, 0.29) is 22.0 Å². The van der Waals surface area contributed by atoms with Crippen LogP contribution in [0.3, 0.4) is 0 Å². The van der Waals surface area contributed by atoms with Crippen molar-refractivity contribution in [2.75, 3.05) is 0 Å². The summed E-state index contributed by atoms with van der Waals surface area (Å²) in [4.78, 5) is 12.0. The van der Waals surface area contributed by atoms with Crippen molar-refractivity contribution >= 4 is 32.1 Å². The van der Waals surface area contributed by atoms with Gasteiger partial charge in [0.1, 0.15) is 22.8 Å². The van der Waals surface area contributed by atoms with Crippen molar-refractivity contribution in [3.8, 4) is 22.9 Å². The van der Waals surface area contributed by atoms with E-state index in [9.17, 15) is 18.6 Å². The standard InChI is InChI=1S/C20H14N4O4S/c25-12-6-7-14(17(26)10-12)19-22-16-11-21-20-15(18(16)23-19)8-9-24(20)29(27,28)13-4-2-1-3-5-13/h1-11,25-26H,(H,22,23). The molecule has 2 aromatic carbocycles. The summed E-state index contributed by atoms with van der Waals surface area (Å²) >= 11 is 0. The Hall–Kier alpha value is -3.85. The Morgan fingerprint density at radius 1 is 1.00 bits per heavy atom. The first-order valence-corrected chi connectivity index (χ1v) is 10.1. The monoisotopic (exact) mass is 406 g/mol. The molecule has 3 aromatic heterocycles. The second-order valence-electron chi connectivity index (χ2n) is 6.47. The number of rotatable bonds is 3.